The van der Waals surface area contributed by atoms with Crippen molar-refractivity contribution < 1.29 is 4.74 Å². The molecule has 2 aliphatic carbocycles. The average molecular weight is 375 g/mol. The highest BCUT2D eigenvalue weighted by molar-refractivity contribution is 9.11. The lowest BCUT2D eigenvalue weighted by atomic mass is 9.61. The van der Waals surface area contributed by atoms with Gasteiger partial charge in [0.05, 0.1) is 8.95 Å². The second kappa shape index (κ2) is 4.80. The van der Waals surface area contributed by atoms with E-state index in [1.54, 1.807) is 0 Å². The molecule has 2 atom stereocenters. The van der Waals surface area contributed by atoms with Gasteiger partial charge >= 0.3 is 0 Å². The van der Waals surface area contributed by atoms with Gasteiger partial charge in [0.2, 0.25) is 0 Å². The Morgan fingerprint density at radius 3 is 2.33 bits per heavy atom. The van der Waals surface area contributed by atoms with E-state index in [-0.39, 0.29) is 11.5 Å². The molecule has 0 bridgehead atoms. The fraction of sp³-hybridized carbons (Fsp3) is 0.571. The number of ether oxygens (including phenoxy) is 1. The molecule has 2 fully saturated rings. The minimum absolute atomic E-state index is 0.245. The maximum absolute atomic E-state index is 6.25. The number of hydrogen-bond acceptors (Lipinski definition) is 2. The molecular formula is C14H17Br2NO. The molecule has 2 nitrogen and oxygen atoms in total. The summed E-state index contributed by atoms with van der Waals surface area (Å²) in [7, 11) is 0. The zero-order valence-corrected chi connectivity index (χ0v) is 13.3. The van der Waals surface area contributed by atoms with Gasteiger partial charge in [-0.1, -0.05) is 18.9 Å². The largest absolute Gasteiger partial charge is 0.487 e. The van der Waals surface area contributed by atoms with Crippen molar-refractivity contribution in [3.63, 3.8) is 0 Å². The molecule has 2 aliphatic rings. The molecule has 0 heterocycles. The number of rotatable bonds is 2. The molecule has 0 saturated heterocycles. The molecule has 4 heteroatoms. The summed E-state index contributed by atoms with van der Waals surface area (Å²) >= 11 is 7.11. The van der Waals surface area contributed by atoms with Crippen LogP contribution in [0.1, 0.15) is 32.1 Å². The van der Waals surface area contributed by atoms with Crippen LogP contribution in [0.3, 0.4) is 0 Å². The molecule has 0 aromatic heterocycles. The Hall–Kier alpha value is -0.0600. The van der Waals surface area contributed by atoms with Crippen LogP contribution in [0.5, 0.6) is 5.75 Å². The third kappa shape index (κ3) is 1.93. The first-order valence-electron chi connectivity index (χ1n) is 6.50. The molecule has 1 aromatic carbocycles. The zero-order valence-electron chi connectivity index (χ0n) is 10.2. The molecule has 98 valence electrons. The summed E-state index contributed by atoms with van der Waals surface area (Å²) < 4.78 is 8.26. The quantitative estimate of drug-likeness (QED) is 0.839. The van der Waals surface area contributed by atoms with Crippen molar-refractivity contribution in [1.29, 1.82) is 0 Å². The van der Waals surface area contributed by atoms with E-state index in [9.17, 15) is 0 Å². The molecule has 2 saturated carbocycles. The number of para-hydroxylation sites is 1. The summed E-state index contributed by atoms with van der Waals surface area (Å²) in [4.78, 5) is 0. The van der Waals surface area contributed by atoms with E-state index in [1.165, 1.54) is 25.7 Å². The first-order valence-corrected chi connectivity index (χ1v) is 8.08. The van der Waals surface area contributed by atoms with Gasteiger partial charge in [0.1, 0.15) is 11.9 Å². The topological polar surface area (TPSA) is 35.2 Å². The van der Waals surface area contributed by atoms with Crippen molar-refractivity contribution in [3.8, 4) is 5.75 Å². The monoisotopic (exact) mass is 373 g/mol. The predicted octanol–water partition coefficient (Wildman–Crippen LogP) is 4.25. The van der Waals surface area contributed by atoms with Gasteiger partial charge in [-0.25, -0.2) is 0 Å². The van der Waals surface area contributed by atoms with Crippen molar-refractivity contribution in [2.75, 3.05) is 0 Å². The third-order valence-corrected chi connectivity index (χ3v) is 5.81. The van der Waals surface area contributed by atoms with Crippen LogP contribution in [0.15, 0.2) is 27.1 Å². The van der Waals surface area contributed by atoms with Crippen LogP contribution in [0.2, 0.25) is 0 Å². The number of hydrogen-bond donors (Lipinski definition) is 1. The molecule has 2 N–H and O–H groups in total. The summed E-state index contributed by atoms with van der Waals surface area (Å²) in [6.07, 6.45) is 6.30. The van der Waals surface area contributed by atoms with Crippen molar-refractivity contribution in [3.05, 3.63) is 27.1 Å². The summed E-state index contributed by atoms with van der Waals surface area (Å²) in [5, 5.41) is 0. The van der Waals surface area contributed by atoms with Crippen LogP contribution in [-0.2, 0) is 0 Å². The van der Waals surface area contributed by atoms with Gasteiger partial charge in [-0.2, -0.15) is 0 Å². The highest BCUT2D eigenvalue weighted by Crippen LogP contribution is 2.54. The smallest absolute Gasteiger partial charge is 0.148 e. The second-order valence-electron chi connectivity index (χ2n) is 5.44. The number of halogens is 2. The van der Waals surface area contributed by atoms with E-state index in [4.69, 9.17) is 10.5 Å². The molecule has 2 unspecified atom stereocenters. The Kier molecular flexibility index (Phi) is 3.45. The van der Waals surface area contributed by atoms with Crippen LogP contribution >= 0.6 is 31.9 Å². The molecule has 1 aromatic rings. The molecule has 18 heavy (non-hydrogen) atoms. The van der Waals surface area contributed by atoms with Crippen LogP contribution < -0.4 is 10.5 Å². The standard InChI is InChI=1S/C14H17Br2NO/c15-9-4-3-5-10(16)13(9)18-12-8-11(17)14(12)6-1-2-7-14/h3-5,11-12H,1-2,6-8,17H2. The van der Waals surface area contributed by atoms with Crippen molar-refractivity contribution in [2.24, 2.45) is 11.1 Å². The predicted molar refractivity (Wildman–Crippen MR) is 79.8 cm³/mol. The summed E-state index contributed by atoms with van der Waals surface area (Å²) in [6.45, 7) is 0. The van der Waals surface area contributed by atoms with Gasteiger partial charge in [-0.05, 0) is 56.8 Å². The van der Waals surface area contributed by atoms with Crippen LogP contribution in [0.25, 0.3) is 0 Å². The van der Waals surface area contributed by atoms with Gasteiger partial charge in [0, 0.05) is 17.9 Å². The fourth-order valence-electron chi connectivity index (χ4n) is 3.41. The minimum atomic E-state index is 0.245. The van der Waals surface area contributed by atoms with Crippen molar-refractivity contribution >= 4 is 31.9 Å². The second-order valence-corrected chi connectivity index (χ2v) is 7.15. The van der Waals surface area contributed by atoms with Gasteiger partial charge in [0.25, 0.3) is 0 Å². The minimum Gasteiger partial charge on any atom is -0.487 e. The molecule has 0 amide bonds. The Balaban J connectivity index is 1.81. The highest BCUT2D eigenvalue weighted by Gasteiger charge is 2.56. The average Bonchev–Trinajstić information content (AvgIpc) is 2.84. The lowest BCUT2D eigenvalue weighted by molar-refractivity contribution is -0.0627. The van der Waals surface area contributed by atoms with E-state index in [2.05, 4.69) is 31.9 Å². The van der Waals surface area contributed by atoms with Crippen molar-refractivity contribution in [2.45, 2.75) is 44.2 Å². The van der Waals surface area contributed by atoms with Gasteiger partial charge < -0.3 is 10.5 Å². The Morgan fingerprint density at radius 1 is 1.17 bits per heavy atom. The molecule has 1 spiro atoms. The maximum Gasteiger partial charge on any atom is 0.148 e. The van der Waals surface area contributed by atoms with E-state index in [1.807, 2.05) is 18.2 Å². The lowest BCUT2D eigenvalue weighted by Crippen LogP contribution is -2.62. The van der Waals surface area contributed by atoms with E-state index < -0.39 is 0 Å². The van der Waals surface area contributed by atoms with E-state index >= 15 is 0 Å². The number of benzene rings is 1. The molecule has 3 rings (SSSR count). The summed E-state index contributed by atoms with van der Waals surface area (Å²) in [5.74, 6) is 0.917. The zero-order chi connectivity index (χ0) is 12.8. The van der Waals surface area contributed by atoms with Crippen LogP contribution in [0, 0.1) is 5.41 Å². The first-order chi connectivity index (χ1) is 8.63. The van der Waals surface area contributed by atoms with Gasteiger partial charge in [-0.15, -0.1) is 0 Å². The SMILES string of the molecule is NC1CC(Oc2c(Br)cccc2Br)C12CCCC2. The molecule has 0 aliphatic heterocycles. The normalized spacial score (nSPS) is 29.3. The number of nitrogens with two attached hydrogens (primary N) is 1. The van der Waals surface area contributed by atoms with E-state index in [0.717, 1.165) is 21.1 Å². The van der Waals surface area contributed by atoms with Crippen LogP contribution in [-0.4, -0.2) is 12.1 Å². The van der Waals surface area contributed by atoms with Gasteiger partial charge in [-0.3, -0.25) is 0 Å². The molecule has 0 radical (unpaired) electrons. The lowest BCUT2D eigenvalue weighted by Gasteiger charge is -2.52. The maximum atomic E-state index is 6.25. The fourth-order valence-corrected chi connectivity index (χ4v) is 4.59. The van der Waals surface area contributed by atoms with Crippen LogP contribution in [0.4, 0.5) is 0 Å². The summed E-state index contributed by atoms with van der Waals surface area (Å²) in [6, 6.07) is 6.35. The third-order valence-electron chi connectivity index (χ3n) is 4.56. The highest BCUT2D eigenvalue weighted by atomic mass is 79.9. The Labute approximate surface area is 125 Å². The Bertz CT molecular complexity index is 437. The summed E-state index contributed by atoms with van der Waals surface area (Å²) in [5.41, 5.74) is 6.48. The first kappa shape index (κ1) is 12.9. The Morgan fingerprint density at radius 2 is 1.78 bits per heavy atom. The van der Waals surface area contributed by atoms with E-state index in [0.29, 0.717) is 6.04 Å². The van der Waals surface area contributed by atoms with Crippen molar-refractivity contribution in [1.82, 2.24) is 0 Å². The molecular weight excluding hydrogens is 358 g/mol. The van der Waals surface area contributed by atoms with Gasteiger partial charge in [0.15, 0.2) is 0 Å².